The second-order valence-corrected chi connectivity index (χ2v) is 31.8. The largest absolute Gasteiger partial charge is 0.0848 e. The maximum Gasteiger partial charge on any atom is 0.0718 e. The SMILES string of the molecule is C[Si](C)(C)C1=C([Si](C)(C)C)C([Si](C)(C)C)C1[Si](C)(C)C. The normalized spacial score (nSPS) is 25.8. The molecule has 0 N–H and O–H groups in total. The van der Waals surface area contributed by atoms with E-state index in [1.807, 2.05) is 10.4 Å². The molecule has 20 heavy (non-hydrogen) atoms. The van der Waals surface area contributed by atoms with Gasteiger partial charge in [-0.15, -0.1) is 0 Å². The molecule has 0 spiro atoms. The fourth-order valence-corrected chi connectivity index (χ4v) is 23.8. The molecule has 0 aromatic rings. The molecule has 0 fully saturated rings. The molecule has 2 atom stereocenters. The minimum absolute atomic E-state index is 1.00. The summed E-state index contributed by atoms with van der Waals surface area (Å²) in [6.45, 7) is 31.3. The summed E-state index contributed by atoms with van der Waals surface area (Å²) in [5.74, 6) is 0. The molecule has 0 heterocycles. The molecule has 1 aliphatic carbocycles. The fourth-order valence-electron chi connectivity index (χ4n) is 4.18. The maximum atomic E-state index is 2.62. The molecule has 0 bridgehead atoms. The van der Waals surface area contributed by atoms with Gasteiger partial charge < -0.3 is 0 Å². The highest BCUT2D eigenvalue weighted by molar-refractivity contribution is 6.97. The van der Waals surface area contributed by atoms with Crippen molar-refractivity contribution >= 4 is 32.3 Å². The van der Waals surface area contributed by atoms with Crippen LogP contribution < -0.4 is 0 Å². The van der Waals surface area contributed by atoms with E-state index >= 15 is 0 Å². The van der Waals surface area contributed by atoms with Crippen molar-refractivity contribution < 1.29 is 0 Å². The van der Waals surface area contributed by atoms with Crippen LogP contribution in [0.4, 0.5) is 0 Å². The van der Waals surface area contributed by atoms with E-state index in [1.54, 1.807) is 0 Å². The monoisotopic (exact) mass is 342 g/mol. The van der Waals surface area contributed by atoms with Crippen molar-refractivity contribution in [1.29, 1.82) is 0 Å². The number of rotatable bonds is 4. The lowest BCUT2D eigenvalue weighted by Gasteiger charge is -2.59. The third-order valence-corrected chi connectivity index (χ3v) is 15.3. The zero-order chi connectivity index (χ0) is 16.3. The third-order valence-electron chi connectivity index (χ3n) is 4.73. The lowest BCUT2D eigenvalue weighted by atomic mass is 10.1. The summed E-state index contributed by atoms with van der Waals surface area (Å²) in [6, 6.07) is 0. The summed E-state index contributed by atoms with van der Waals surface area (Å²) in [7, 11) is -4.55. The number of allylic oxidation sites excluding steroid dienone is 2. The molecule has 2 unspecified atom stereocenters. The Labute approximate surface area is 132 Å². The molecule has 1 aliphatic rings. The predicted octanol–water partition coefficient (Wildman–Crippen LogP) is 6.47. The Morgan fingerprint density at radius 3 is 0.750 bits per heavy atom. The van der Waals surface area contributed by atoms with E-state index in [0.29, 0.717) is 0 Å². The Hall–Kier alpha value is 0.608. The Bertz CT molecular complexity index is 368. The minimum atomic E-state index is -1.17. The van der Waals surface area contributed by atoms with Gasteiger partial charge in [0.1, 0.15) is 0 Å². The Morgan fingerprint density at radius 1 is 0.450 bits per heavy atom. The average Bonchev–Trinajstić information content (AvgIpc) is 1.86. The first kappa shape index (κ1) is 18.7. The van der Waals surface area contributed by atoms with Crippen LogP contribution in [0.2, 0.25) is 89.6 Å². The van der Waals surface area contributed by atoms with Gasteiger partial charge in [0.05, 0.1) is 32.3 Å². The van der Waals surface area contributed by atoms with E-state index in [2.05, 4.69) is 78.6 Å². The first-order valence-corrected chi connectivity index (χ1v) is 22.4. The van der Waals surface area contributed by atoms with E-state index in [9.17, 15) is 0 Å². The van der Waals surface area contributed by atoms with Gasteiger partial charge in [-0.2, -0.15) is 0 Å². The van der Waals surface area contributed by atoms with Crippen molar-refractivity contribution in [1.82, 2.24) is 0 Å². The molecule has 0 saturated heterocycles. The third kappa shape index (κ3) is 3.50. The smallest absolute Gasteiger partial charge is 0.0718 e. The van der Waals surface area contributed by atoms with Crippen molar-refractivity contribution in [2.75, 3.05) is 0 Å². The minimum Gasteiger partial charge on any atom is -0.0848 e. The van der Waals surface area contributed by atoms with Crippen LogP contribution in [-0.2, 0) is 0 Å². The highest BCUT2D eigenvalue weighted by Gasteiger charge is 2.57. The van der Waals surface area contributed by atoms with Crippen LogP contribution in [0.15, 0.2) is 10.4 Å². The summed E-state index contributed by atoms with van der Waals surface area (Å²) in [4.78, 5) is 0. The molecule has 4 heteroatoms. The fraction of sp³-hybridized carbons (Fsp3) is 0.875. The van der Waals surface area contributed by atoms with Gasteiger partial charge in [-0.3, -0.25) is 0 Å². The van der Waals surface area contributed by atoms with E-state index in [1.165, 1.54) is 0 Å². The van der Waals surface area contributed by atoms with Crippen molar-refractivity contribution in [3.05, 3.63) is 10.4 Å². The van der Waals surface area contributed by atoms with E-state index in [4.69, 9.17) is 0 Å². The first-order valence-electron chi connectivity index (χ1n) is 8.24. The van der Waals surface area contributed by atoms with Crippen LogP contribution in [0.3, 0.4) is 0 Å². The van der Waals surface area contributed by atoms with Crippen LogP contribution >= 0.6 is 0 Å². The summed E-state index contributed by atoms with van der Waals surface area (Å²) in [5.41, 5.74) is 2.00. The number of hydrogen-bond acceptors (Lipinski definition) is 0. The molecule has 0 saturated carbocycles. The Balaban J connectivity index is 3.56. The van der Waals surface area contributed by atoms with E-state index < -0.39 is 32.3 Å². The van der Waals surface area contributed by atoms with E-state index in [0.717, 1.165) is 11.1 Å². The molecule has 118 valence electrons. The quantitative estimate of drug-likeness (QED) is 0.514. The molecular formula is C16H38Si4. The van der Waals surface area contributed by atoms with Gasteiger partial charge in [0.25, 0.3) is 0 Å². The van der Waals surface area contributed by atoms with Gasteiger partial charge in [0, 0.05) is 0 Å². The van der Waals surface area contributed by atoms with Crippen molar-refractivity contribution in [3.8, 4) is 0 Å². The topological polar surface area (TPSA) is 0 Å². The summed E-state index contributed by atoms with van der Waals surface area (Å²) < 4.78 is 0. The molecule has 0 aromatic carbocycles. The summed E-state index contributed by atoms with van der Waals surface area (Å²) in [5, 5.41) is 4.06. The molecular weight excluding hydrogens is 305 g/mol. The highest BCUT2D eigenvalue weighted by Crippen LogP contribution is 2.63. The maximum absolute atomic E-state index is 2.62. The lowest BCUT2D eigenvalue weighted by molar-refractivity contribution is 0.808. The van der Waals surface area contributed by atoms with Crippen molar-refractivity contribution in [2.24, 2.45) is 0 Å². The van der Waals surface area contributed by atoms with Gasteiger partial charge in [0.15, 0.2) is 0 Å². The van der Waals surface area contributed by atoms with Crippen LogP contribution in [0, 0.1) is 0 Å². The standard InChI is InChI=1S/C16H38Si4/c1-17(2,3)13-14(18(4,5)6)16(20(10,11)12)15(13)19(7,8)9/h13-14H,1-12H3. The van der Waals surface area contributed by atoms with Gasteiger partial charge in [-0.05, 0) is 11.1 Å². The van der Waals surface area contributed by atoms with Crippen LogP contribution in [0.5, 0.6) is 0 Å². The molecule has 0 aliphatic heterocycles. The molecule has 0 amide bonds. The van der Waals surface area contributed by atoms with Gasteiger partial charge in [-0.1, -0.05) is 89.0 Å². The Morgan fingerprint density at radius 2 is 0.650 bits per heavy atom. The lowest BCUT2D eigenvalue weighted by Crippen LogP contribution is -2.57. The number of hydrogen-bond donors (Lipinski definition) is 0. The molecule has 0 nitrogen and oxygen atoms in total. The van der Waals surface area contributed by atoms with Crippen molar-refractivity contribution in [3.63, 3.8) is 0 Å². The van der Waals surface area contributed by atoms with Crippen molar-refractivity contribution in [2.45, 2.75) is 89.6 Å². The second-order valence-electron chi connectivity index (χ2n) is 11.0. The highest BCUT2D eigenvalue weighted by atomic mass is 28.3. The predicted molar refractivity (Wildman–Crippen MR) is 108 cm³/mol. The Kier molecular flexibility index (Phi) is 4.73. The van der Waals surface area contributed by atoms with E-state index in [-0.39, 0.29) is 0 Å². The van der Waals surface area contributed by atoms with Gasteiger partial charge in [0.2, 0.25) is 0 Å². The zero-order valence-corrected chi connectivity index (χ0v) is 20.2. The zero-order valence-electron chi connectivity index (χ0n) is 16.2. The summed E-state index contributed by atoms with van der Waals surface area (Å²) >= 11 is 0. The molecule has 0 aromatic heterocycles. The second kappa shape index (κ2) is 5.07. The van der Waals surface area contributed by atoms with Gasteiger partial charge >= 0.3 is 0 Å². The molecule has 1 rings (SSSR count). The van der Waals surface area contributed by atoms with Crippen LogP contribution in [0.25, 0.3) is 0 Å². The average molecular weight is 343 g/mol. The summed E-state index contributed by atoms with van der Waals surface area (Å²) in [6.07, 6.45) is 0. The molecule has 0 radical (unpaired) electrons. The first-order chi connectivity index (χ1) is 8.49. The van der Waals surface area contributed by atoms with Crippen LogP contribution in [-0.4, -0.2) is 32.3 Å². The van der Waals surface area contributed by atoms with Gasteiger partial charge in [-0.25, -0.2) is 0 Å². The van der Waals surface area contributed by atoms with Crippen LogP contribution in [0.1, 0.15) is 0 Å².